The third-order valence-electron chi connectivity index (χ3n) is 4.13. The molecule has 3 rings (SSSR count). The molecule has 1 heterocycles. The fourth-order valence-corrected chi connectivity index (χ4v) is 2.89. The van der Waals surface area contributed by atoms with Gasteiger partial charge in [-0.05, 0) is 48.2 Å². The Morgan fingerprint density at radius 2 is 2.08 bits per heavy atom. The Hall–Kier alpha value is -2.69. The highest BCUT2D eigenvalue weighted by molar-refractivity contribution is 5.79. The molecule has 2 aromatic rings. The van der Waals surface area contributed by atoms with E-state index in [-0.39, 0.29) is 5.75 Å². The molecule has 5 heteroatoms. The van der Waals surface area contributed by atoms with Crippen LogP contribution in [-0.4, -0.2) is 30.8 Å². The number of nitrogens with one attached hydrogen (secondary N) is 2. The van der Waals surface area contributed by atoms with Gasteiger partial charge < -0.3 is 20.5 Å². The maximum Gasteiger partial charge on any atom is 0.191 e. The van der Waals surface area contributed by atoms with Crippen LogP contribution in [0.1, 0.15) is 23.6 Å². The monoisotopic (exact) mass is 339 g/mol. The number of aromatic hydroxyl groups is 1. The second-order valence-corrected chi connectivity index (χ2v) is 6.08. The van der Waals surface area contributed by atoms with Crippen molar-refractivity contribution in [1.29, 1.82) is 0 Å². The number of phenols is 1. The maximum atomic E-state index is 9.53. The predicted molar refractivity (Wildman–Crippen MR) is 100 cm³/mol. The standard InChI is InChI=1S/C20H25N3O2/c1-2-21-20(23-14-16-4-3-5-18(24)13-16)22-10-8-15-6-7-19-17(12-15)9-11-25-19/h3-7,12-13,24H,2,8-11,14H2,1H3,(H2,21,22,23). The van der Waals surface area contributed by atoms with Gasteiger partial charge in [0.2, 0.25) is 0 Å². The van der Waals surface area contributed by atoms with Gasteiger partial charge in [0.15, 0.2) is 5.96 Å². The second kappa shape index (κ2) is 8.42. The van der Waals surface area contributed by atoms with Gasteiger partial charge in [0, 0.05) is 19.5 Å². The van der Waals surface area contributed by atoms with E-state index in [1.54, 1.807) is 12.1 Å². The van der Waals surface area contributed by atoms with E-state index in [4.69, 9.17) is 4.74 Å². The summed E-state index contributed by atoms with van der Waals surface area (Å²) >= 11 is 0. The summed E-state index contributed by atoms with van der Waals surface area (Å²) in [5.41, 5.74) is 3.60. The molecule has 0 atom stereocenters. The number of fused-ring (bicyclic) bond motifs is 1. The zero-order chi connectivity index (χ0) is 17.5. The summed E-state index contributed by atoms with van der Waals surface area (Å²) in [5, 5.41) is 16.1. The molecule has 5 nitrogen and oxygen atoms in total. The lowest BCUT2D eigenvalue weighted by atomic mass is 10.1. The number of nitrogens with zero attached hydrogens (tertiary/aromatic N) is 1. The number of phenolic OH excluding ortho intramolecular Hbond substituents is 1. The van der Waals surface area contributed by atoms with Gasteiger partial charge in [-0.25, -0.2) is 4.99 Å². The van der Waals surface area contributed by atoms with E-state index < -0.39 is 0 Å². The normalized spacial score (nSPS) is 13.2. The van der Waals surface area contributed by atoms with Crippen LogP contribution in [0.15, 0.2) is 47.5 Å². The molecule has 0 spiro atoms. The van der Waals surface area contributed by atoms with Gasteiger partial charge in [-0.1, -0.05) is 24.3 Å². The lowest BCUT2D eigenvalue weighted by molar-refractivity contribution is 0.357. The van der Waals surface area contributed by atoms with Crippen LogP contribution in [0, 0.1) is 0 Å². The van der Waals surface area contributed by atoms with E-state index in [9.17, 15) is 5.11 Å². The number of benzene rings is 2. The van der Waals surface area contributed by atoms with E-state index >= 15 is 0 Å². The van der Waals surface area contributed by atoms with Gasteiger partial charge in [-0.3, -0.25) is 0 Å². The fraction of sp³-hybridized carbons (Fsp3) is 0.350. The van der Waals surface area contributed by atoms with Crippen LogP contribution in [0.25, 0.3) is 0 Å². The van der Waals surface area contributed by atoms with Gasteiger partial charge in [-0.2, -0.15) is 0 Å². The number of guanidine groups is 1. The first-order valence-electron chi connectivity index (χ1n) is 8.79. The average molecular weight is 339 g/mol. The quantitative estimate of drug-likeness (QED) is 0.559. The smallest absolute Gasteiger partial charge is 0.191 e. The van der Waals surface area contributed by atoms with Crippen LogP contribution in [0.2, 0.25) is 0 Å². The van der Waals surface area contributed by atoms with Crippen molar-refractivity contribution in [2.24, 2.45) is 4.99 Å². The Morgan fingerprint density at radius 3 is 2.92 bits per heavy atom. The molecule has 2 aromatic carbocycles. The molecule has 0 fully saturated rings. The van der Waals surface area contributed by atoms with E-state index in [0.29, 0.717) is 6.54 Å². The third kappa shape index (κ3) is 4.89. The summed E-state index contributed by atoms with van der Waals surface area (Å²) in [6, 6.07) is 13.6. The molecule has 3 N–H and O–H groups in total. The Morgan fingerprint density at radius 1 is 1.16 bits per heavy atom. The molecular weight excluding hydrogens is 314 g/mol. The molecule has 0 aromatic heterocycles. The maximum absolute atomic E-state index is 9.53. The molecule has 0 saturated carbocycles. The van der Waals surface area contributed by atoms with Crippen molar-refractivity contribution < 1.29 is 9.84 Å². The van der Waals surface area contributed by atoms with Crippen molar-refractivity contribution in [2.45, 2.75) is 26.3 Å². The summed E-state index contributed by atoms with van der Waals surface area (Å²) in [6.07, 6.45) is 1.94. The first-order valence-corrected chi connectivity index (χ1v) is 8.79. The first kappa shape index (κ1) is 17.1. The van der Waals surface area contributed by atoms with Crippen LogP contribution < -0.4 is 15.4 Å². The van der Waals surface area contributed by atoms with Crippen LogP contribution in [-0.2, 0) is 19.4 Å². The van der Waals surface area contributed by atoms with E-state index in [1.807, 2.05) is 19.1 Å². The molecule has 0 saturated heterocycles. The molecule has 0 aliphatic carbocycles. The molecular formula is C20H25N3O2. The highest BCUT2D eigenvalue weighted by Crippen LogP contribution is 2.25. The predicted octanol–water partition coefficient (Wildman–Crippen LogP) is 2.62. The second-order valence-electron chi connectivity index (χ2n) is 6.08. The number of aliphatic imine (C=N–C) groups is 1. The van der Waals surface area contributed by atoms with Crippen molar-refractivity contribution in [2.75, 3.05) is 19.7 Å². The molecule has 1 aliphatic heterocycles. The number of rotatable bonds is 6. The summed E-state index contributed by atoms with van der Waals surface area (Å²) < 4.78 is 5.55. The molecule has 25 heavy (non-hydrogen) atoms. The number of hydrogen-bond donors (Lipinski definition) is 3. The van der Waals surface area contributed by atoms with Crippen molar-refractivity contribution in [3.05, 3.63) is 59.2 Å². The van der Waals surface area contributed by atoms with Crippen LogP contribution in [0.3, 0.4) is 0 Å². The Bertz CT molecular complexity index is 743. The van der Waals surface area contributed by atoms with E-state index in [0.717, 1.165) is 49.8 Å². The topological polar surface area (TPSA) is 65.9 Å². The van der Waals surface area contributed by atoms with Crippen LogP contribution >= 0.6 is 0 Å². The molecule has 0 amide bonds. The lowest BCUT2D eigenvalue weighted by Crippen LogP contribution is -2.38. The minimum atomic E-state index is 0.270. The Balaban J connectivity index is 1.53. The van der Waals surface area contributed by atoms with Gasteiger partial charge in [-0.15, -0.1) is 0 Å². The Kier molecular flexibility index (Phi) is 5.77. The highest BCUT2D eigenvalue weighted by Gasteiger charge is 2.11. The summed E-state index contributed by atoms with van der Waals surface area (Å²) in [7, 11) is 0. The zero-order valence-corrected chi connectivity index (χ0v) is 14.6. The number of hydrogen-bond acceptors (Lipinski definition) is 3. The van der Waals surface area contributed by atoms with E-state index in [1.165, 1.54) is 11.1 Å². The summed E-state index contributed by atoms with van der Waals surface area (Å²) in [5.74, 6) is 2.08. The molecule has 0 radical (unpaired) electrons. The summed E-state index contributed by atoms with van der Waals surface area (Å²) in [4.78, 5) is 4.58. The third-order valence-corrected chi connectivity index (χ3v) is 4.13. The van der Waals surface area contributed by atoms with Crippen LogP contribution in [0.4, 0.5) is 0 Å². The van der Waals surface area contributed by atoms with Crippen molar-refractivity contribution in [1.82, 2.24) is 10.6 Å². The molecule has 1 aliphatic rings. The minimum absolute atomic E-state index is 0.270. The lowest BCUT2D eigenvalue weighted by Gasteiger charge is -2.12. The van der Waals surface area contributed by atoms with Gasteiger partial charge >= 0.3 is 0 Å². The largest absolute Gasteiger partial charge is 0.508 e. The fourth-order valence-electron chi connectivity index (χ4n) is 2.89. The van der Waals surface area contributed by atoms with Gasteiger partial charge in [0.05, 0.1) is 13.2 Å². The van der Waals surface area contributed by atoms with Crippen molar-refractivity contribution >= 4 is 5.96 Å². The molecule has 0 unspecified atom stereocenters. The summed E-state index contributed by atoms with van der Waals surface area (Å²) in [6.45, 7) is 4.99. The van der Waals surface area contributed by atoms with Crippen molar-refractivity contribution in [3.63, 3.8) is 0 Å². The number of ether oxygens (including phenoxy) is 1. The molecule has 0 bridgehead atoms. The molecule has 132 valence electrons. The Labute approximate surface area is 148 Å². The van der Waals surface area contributed by atoms with Gasteiger partial charge in [0.1, 0.15) is 11.5 Å². The first-order chi connectivity index (χ1) is 12.2. The zero-order valence-electron chi connectivity index (χ0n) is 14.6. The van der Waals surface area contributed by atoms with E-state index in [2.05, 4.69) is 33.8 Å². The van der Waals surface area contributed by atoms with Gasteiger partial charge in [0.25, 0.3) is 0 Å². The SMILES string of the molecule is CCNC(=NCc1cccc(O)c1)NCCc1ccc2c(c1)CCO2. The highest BCUT2D eigenvalue weighted by atomic mass is 16.5. The average Bonchev–Trinajstić information content (AvgIpc) is 3.07. The van der Waals surface area contributed by atoms with Crippen molar-refractivity contribution in [3.8, 4) is 11.5 Å². The van der Waals surface area contributed by atoms with Crippen LogP contribution in [0.5, 0.6) is 11.5 Å². The minimum Gasteiger partial charge on any atom is -0.508 e.